The van der Waals surface area contributed by atoms with Gasteiger partial charge in [-0.2, -0.15) is 0 Å². The summed E-state index contributed by atoms with van der Waals surface area (Å²) >= 11 is 6.38. The Kier molecular flexibility index (Phi) is 5.66. The fourth-order valence-electron chi connectivity index (χ4n) is 4.04. The van der Waals surface area contributed by atoms with Gasteiger partial charge in [0.15, 0.2) is 0 Å². The zero-order valence-corrected chi connectivity index (χ0v) is 18.5. The largest absolute Gasteiger partial charge is 0.337 e. The van der Waals surface area contributed by atoms with E-state index in [1.54, 1.807) is 24.3 Å². The van der Waals surface area contributed by atoms with Crippen molar-refractivity contribution in [3.63, 3.8) is 0 Å². The average molecular weight is 431 g/mol. The van der Waals surface area contributed by atoms with E-state index in [1.807, 2.05) is 74.2 Å². The molecule has 4 nitrogen and oxygen atoms in total. The number of anilines is 2. The van der Waals surface area contributed by atoms with Gasteiger partial charge in [0.25, 0.3) is 11.8 Å². The Morgan fingerprint density at radius 3 is 2.19 bits per heavy atom. The first kappa shape index (κ1) is 20.9. The number of amides is 2. The number of halogens is 1. The highest BCUT2D eigenvalue weighted by molar-refractivity contribution is 6.48. The molecule has 4 rings (SSSR count). The quantitative estimate of drug-likeness (QED) is 0.482. The van der Waals surface area contributed by atoms with Gasteiger partial charge in [0.05, 0.1) is 16.3 Å². The first-order valence-electron chi connectivity index (χ1n) is 10.2. The summed E-state index contributed by atoms with van der Waals surface area (Å²) in [5, 5.41) is 0.355. The lowest BCUT2D eigenvalue weighted by molar-refractivity contribution is -0.120. The number of carbonyl (C=O) groups excluding carboxylic acids is 2. The zero-order valence-electron chi connectivity index (χ0n) is 17.7. The number of imide groups is 1. The van der Waals surface area contributed by atoms with Crippen LogP contribution in [0, 0.1) is 13.8 Å². The molecule has 0 aromatic heterocycles. The van der Waals surface area contributed by atoms with Crippen molar-refractivity contribution >= 4 is 40.4 Å². The molecule has 0 saturated carbocycles. The van der Waals surface area contributed by atoms with Crippen LogP contribution >= 0.6 is 11.6 Å². The summed E-state index contributed by atoms with van der Waals surface area (Å²) in [5.41, 5.74) is 4.80. The lowest BCUT2D eigenvalue weighted by atomic mass is 9.97. The van der Waals surface area contributed by atoms with Crippen molar-refractivity contribution in [2.75, 3.05) is 16.3 Å². The maximum absolute atomic E-state index is 13.8. The third kappa shape index (κ3) is 3.64. The third-order valence-corrected chi connectivity index (χ3v) is 5.78. The van der Waals surface area contributed by atoms with Crippen LogP contribution in [0.4, 0.5) is 11.4 Å². The minimum absolute atomic E-state index is 0.355. The van der Waals surface area contributed by atoms with Crippen molar-refractivity contribution in [2.24, 2.45) is 0 Å². The van der Waals surface area contributed by atoms with Crippen LogP contribution in [0.5, 0.6) is 0 Å². The van der Waals surface area contributed by atoms with E-state index in [4.69, 9.17) is 11.6 Å². The topological polar surface area (TPSA) is 40.6 Å². The minimum atomic E-state index is -0.376. The summed E-state index contributed by atoms with van der Waals surface area (Å²) in [5.74, 6) is -0.742. The van der Waals surface area contributed by atoms with Crippen molar-refractivity contribution in [3.05, 3.63) is 100 Å². The number of likely N-dealkylation sites (N-methyl/N-ethyl adjacent to an activating group) is 1. The van der Waals surface area contributed by atoms with Crippen LogP contribution in [0.1, 0.15) is 23.6 Å². The van der Waals surface area contributed by atoms with Crippen LogP contribution in [-0.2, 0) is 9.59 Å². The molecule has 0 spiro atoms. The van der Waals surface area contributed by atoms with Crippen LogP contribution in [0.3, 0.4) is 0 Å². The van der Waals surface area contributed by atoms with E-state index in [1.165, 1.54) is 4.90 Å². The molecule has 0 atom stereocenters. The van der Waals surface area contributed by atoms with E-state index in [0.717, 1.165) is 22.4 Å². The van der Waals surface area contributed by atoms with Crippen LogP contribution in [0.2, 0.25) is 5.02 Å². The van der Waals surface area contributed by atoms with Crippen molar-refractivity contribution < 1.29 is 9.59 Å². The molecule has 0 fully saturated rings. The SMILES string of the molecule is CCN(C1=C(c2ccc(C)cc2C)C(=O)N(c2ccccc2Cl)C1=O)c1ccccc1. The number of para-hydroxylation sites is 2. The zero-order chi connectivity index (χ0) is 22.1. The molecular weight excluding hydrogens is 408 g/mol. The highest BCUT2D eigenvalue weighted by atomic mass is 35.5. The second kappa shape index (κ2) is 8.40. The van der Waals surface area contributed by atoms with Gasteiger partial charge in [-0.3, -0.25) is 9.59 Å². The first-order chi connectivity index (χ1) is 14.9. The lowest BCUT2D eigenvalue weighted by Crippen LogP contribution is -2.35. The third-order valence-electron chi connectivity index (χ3n) is 5.46. The standard InChI is InChI=1S/C26H23ClN2O2/c1-4-28(19-10-6-5-7-11-19)24-23(20-15-14-17(2)16-18(20)3)25(30)29(26(24)31)22-13-9-8-12-21(22)27/h5-16H,4H2,1-3H3. The molecule has 1 heterocycles. The highest BCUT2D eigenvalue weighted by Gasteiger charge is 2.43. The van der Waals surface area contributed by atoms with E-state index in [2.05, 4.69) is 0 Å². The van der Waals surface area contributed by atoms with Gasteiger partial charge in [-0.25, -0.2) is 4.90 Å². The van der Waals surface area contributed by atoms with E-state index in [-0.39, 0.29) is 11.8 Å². The summed E-state index contributed by atoms with van der Waals surface area (Å²) in [6.07, 6.45) is 0. The molecule has 0 radical (unpaired) electrons. The number of aryl methyl sites for hydroxylation is 2. The van der Waals surface area contributed by atoms with Gasteiger partial charge in [-0.15, -0.1) is 0 Å². The van der Waals surface area contributed by atoms with E-state index in [0.29, 0.717) is 28.5 Å². The molecule has 3 aromatic rings. The molecule has 0 unspecified atom stereocenters. The Bertz CT molecular complexity index is 1200. The molecular formula is C26H23ClN2O2. The molecule has 156 valence electrons. The minimum Gasteiger partial charge on any atom is -0.337 e. The summed E-state index contributed by atoms with van der Waals surface area (Å²) in [4.78, 5) is 30.6. The average Bonchev–Trinajstić information content (AvgIpc) is 3.00. The van der Waals surface area contributed by atoms with Gasteiger partial charge in [-0.1, -0.05) is 65.7 Å². The van der Waals surface area contributed by atoms with Crippen LogP contribution in [-0.4, -0.2) is 18.4 Å². The van der Waals surface area contributed by atoms with Gasteiger partial charge in [0.2, 0.25) is 0 Å². The summed E-state index contributed by atoms with van der Waals surface area (Å²) < 4.78 is 0. The molecule has 0 bridgehead atoms. The molecule has 0 N–H and O–H groups in total. The molecule has 3 aromatic carbocycles. The van der Waals surface area contributed by atoms with E-state index >= 15 is 0 Å². The van der Waals surface area contributed by atoms with Gasteiger partial charge >= 0.3 is 0 Å². The molecule has 5 heteroatoms. The maximum Gasteiger partial charge on any atom is 0.282 e. The van der Waals surface area contributed by atoms with Gasteiger partial charge < -0.3 is 4.90 Å². The highest BCUT2D eigenvalue weighted by Crippen LogP contribution is 2.39. The number of benzene rings is 3. The second-order valence-corrected chi connectivity index (χ2v) is 7.93. The maximum atomic E-state index is 13.8. The Morgan fingerprint density at radius 1 is 0.871 bits per heavy atom. The van der Waals surface area contributed by atoms with Gasteiger partial charge in [0.1, 0.15) is 5.70 Å². The van der Waals surface area contributed by atoms with Gasteiger partial charge in [-0.05, 0) is 56.2 Å². The molecule has 31 heavy (non-hydrogen) atoms. The van der Waals surface area contributed by atoms with Crippen LogP contribution in [0.15, 0.2) is 78.5 Å². The van der Waals surface area contributed by atoms with E-state index in [9.17, 15) is 9.59 Å². The Labute approximate surface area is 187 Å². The molecule has 0 saturated heterocycles. The summed E-state index contributed by atoms with van der Waals surface area (Å²) in [6.45, 7) is 6.46. The van der Waals surface area contributed by atoms with Crippen LogP contribution < -0.4 is 9.80 Å². The smallest absolute Gasteiger partial charge is 0.282 e. The second-order valence-electron chi connectivity index (χ2n) is 7.52. The number of carbonyl (C=O) groups is 2. The molecule has 1 aliphatic heterocycles. The number of rotatable bonds is 5. The predicted octanol–water partition coefficient (Wildman–Crippen LogP) is 5.77. The van der Waals surface area contributed by atoms with Crippen molar-refractivity contribution in [1.82, 2.24) is 0 Å². The fourth-order valence-corrected chi connectivity index (χ4v) is 4.26. The van der Waals surface area contributed by atoms with Crippen molar-refractivity contribution in [1.29, 1.82) is 0 Å². The van der Waals surface area contributed by atoms with E-state index < -0.39 is 0 Å². The first-order valence-corrected chi connectivity index (χ1v) is 10.6. The Balaban J connectivity index is 1.96. The Hall–Kier alpha value is -3.37. The van der Waals surface area contributed by atoms with Crippen molar-refractivity contribution in [2.45, 2.75) is 20.8 Å². The van der Waals surface area contributed by atoms with Crippen molar-refractivity contribution in [3.8, 4) is 0 Å². The number of nitrogens with zero attached hydrogens (tertiary/aromatic N) is 2. The predicted molar refractivity (Wildman–Crippen MR) is 126 cm³/mol. The fraction of sp³-hybridized carbons (Fsp3) is 0.154. The Morgan fingerprint density at radius 2 is 1.55 bits per heavy atom. The molecule has 2 amide bonds. The normalized spacial score (nSPS) is 13.9. The molecule has 0 aliphatic carbocycles. The molecule has 1 aliphatic rings. The van der Waals surface area contributed by atoms with Gasteiger partial charge in [0, 0.05) is 12.2 Å². The number of hydrogen-bond donors (Lipinski definition) is 0. The summed E-state index contributed by atoms with van der Waals surface area (Å²) in [7, 11) is 0. The summed E-state index contributed by atoms with van der Waals surface area (Å²) in [6, 6.07) is 22.5. The number of hydrogen-bond acceptors (Lipinski definition) is 3. The lowest BCUT2D eigenvalue weighted by Gasteiger charge is -2.25. The van der Waals surface area contributed by atoms with Crippen LogP contribution in [0.25, 0.3) is 5.57 Å². The monoisotopic (exact) mass is 430 g/mol.